The normalized spacial score (nSPS) is 19.2. The minimum atomic E-state index is -0.823. The molecule has 1 saturated heterocycles. The molecule has 3 unspecified atom stereocenters. The number of aryl methyl sites for hydroxylation is 2. The number of anilines is 2. The van der Waals surface area contributed by atoms with E-state index in [4.69, 9.17) is 4.74 Å². The van der Waals surface area contributed by atoms with Gasteiger partial charge in [-0.05, 0) is 62.7 Å². The van der Waals surface area contributed by atoms with E-state index in [0.717, 1.165) is 34.2 Å². The number of carbonyl (C=O) groups excluding carboxylic acids is 3. The lowest BCUT2D eigenvalue weighted by Gasteiger charge is -2.31. The van der Waals surface area contributed by atoms with E-state index in [-0.39, 0.29) is 40.6 Å². The summed E-state index contributed by atoms with van der Waals surface area (Å²) in [6, 6.07) is 19.4. The molecule has 3 aromatic carbocycles. The molecular formula is C32H29N3O6S2. The predicted molar refractivity (Wildman–Crippen MR) is 166 cm³/mol. The number of aromatic nitrogens is 1. The van der Waals surface area contributed by atoms with Crippen molar-refractivity contribution >= 4 is 52.2 Å². The highest BCUT2D eigenvalue weighted by Gasteiger charge is 2.57. The lowest BCUT2D eigenvalue weighted by Crippen LogP contribution is -2.33. The van der Waals surface area contributed by atoms with Crippen molar-refractivity contribution < 1.29 is 24.2 Å². The number of amides is 3. The third kappa shape index (κ3) is 5.23. The maximum Gasteiger partial charge on any atom is 0.308 e. The van der Waals surface area contributed by atoms with E-state index >= 15 is 0 Å². The average Bonchev–Trinajstić information content (AvgIpc) is 3.42. The number of nitrogens with one attached hydrogen (secondary N) is 1. The maximum absolute atomic E-state index is 14.1. The fraction of sp³-hybridized carbons (Fsp3) is 0.250. The molecule has 6 rings (SSSR count). The number of imide groups is 1. The van der Waals surface area contributed by atoms with E-state index in [2.05, 4.69) is 5.32 Å². The zero-order valence-corrected chi connectivity index (χ0v) is 25.3. The molecule has 0 radical (unpaired) electrons. The van der Waals surface area contributed by atoms with Gasteiger partial charge in [-0.3, -0.25) is 23.7 Å². The minimum absolute atomic E-state index is 0.0544. The van der Waals surface area contributed by atoms with Crippen LogP contribution < -0.4 is 19.8 Å². The molecule has 3 amide bonds. The topological polar surface area (TPSA) is 118 Å². The van der Waals surface area contributed by atoms with Crippen molar-refractivity contribution in [2.75, 3.05) is 16.8 Å². The second kappa shape index (κ2) is 11.4. The van der Waals surface area contributed by atoms with Crippen LogP contribution in [0, 0.1) is 19.8 Å². The number of hydrogen-bond acceptors (Lipinski definition) is 8. The molecule has 43 heavy (non-hydrogen) atoms. The van der Waals surface area contributed by atoms with Gasteiger partial charge in [0.15, 0.2) is 11.5 Å². The van der Waals surface area contributed by atoms with Crippen LogP contribution in [0.25, 0.3) is 0 Å². The first-order valence-corrected chi connectivity index (χ1v) is 15.5. The molecule has 0 bridgehead atoms. The van der Waals surface area contributed by atoms with Crippen LogP contribution >= 0.6 is 23.1 Å². The number of nitrogens with zero attached hydrogens (tertiary/aromatic N) is 2. The molecule has 0 saturated carbocycles. The summed E-state index contributed by atoms with van der Waals surface area (Å²) in [5.74, 6) is -2.42. The maximum atomic E-state index is 14.1. The number of ether oxygens (including phenoxy) is 1. The Morgan fingerprint density at radius 1 is 0.953 bits per heavy atom. The predicted octanol–water partition coefficient (Wildman–Crippen LogP) is 5.07. The third-order valence-corrected chi connectivity index (χ3v) is 10.2. The highest BCUT2D eigenvalue weighted by Crippen LogP contribution is 2.54. The van der Waals surface area contributed by atoms with Gasteiger partial charge in [0.1, 0.15) is 11.8 Å². The number of aromatic hydroxyl groups is 1. The molecule has 9 nitrogen and oxygen atoms in total. The molecule has 1 fully saturated rings. The largest absolute Gasteiger partial charge is 0.504 e. The van der Waals surface area contributed by atoms with Gasteiger partial charge < -0.3 is 15.2 Å². The van der Waals surface area contributed by atoms with E-state index in [1.54, 1.807) is 43.3 Å². The van der Waals surface area contributed by atoms with Crippen LogP contribution in [0.4, 0.5) is 11.4 Å². The molecule has 220 valence electrons. The van der Waals surface area contributed by atoms with Crippen molar-refractivity contribution in [3.63, 3.8) is 0 Å². The van der Waals surface area contributed by atoms with Gasteiger partial charge in [0.2, 0.25) is 17.7 Å². The Hall–Kier alpha value is -4.35. The molecule has 2 aliphatic heterocycles. The Morgan fingerprint density at radius 2 is 1.63 bits per heavy atom. The van der Waals surface area contributed by atoms with Gasteiger partial charge in [-0.1, -0.05) is 64.6 Å². The molecule has 1 aromatic heterocycles. The van der Waals surface area contributed by atoms with Crippen LogP contribution in [0.5, 0.6) is 11.5 Å². The van der Waals surface area contributed by atoms with Gasteiger partial charge in [-0.2, -0.15) is 0 Å². The molecule has 0 spiro atoms. The third-order valence-electron chi connectivity index (χ3n) is 7.62. The van der Waals surface area contributed by atoms with Crippen LogP contribution in [0.2, 0.25) is 0 Å². The van der Waals surface area contributed by atoms with Crippen LogP contribution in [0.1, 0.15) is 34.4 Å². The summed E-state index contributed by atoms with van der Waals surface area (Å²) in [6.07, 6.45) is 0. The Bertz CT molecular complexity index is 1800. The van der Waals surface area contributed by atoms with Gasteiger partial charge in [-0.15, -0.1) is 0 Å². The average molecular weight is 616 g/mol. The number of carbonyl (C=O) groups is 3. The van der Waals surface area contributed by atoms with Gasteiger partial charge >= 0.3 is 4.87 Å². The van der Waals surface area contributed by atoms with Crippen molar-refractivity contribution in [3.05, 3.63) is 98.0 Å². The van der Waals surface area contributed by atoms with E-state index < -0.39 is 17.1 Å². The number of benzene rings is 3. The number of fused-ring (bicyclic) bond motifs is 2. The summed E-state index contributed by atoms with van der Waals surface area (Å²) in [7, 11) is 0. The zero-order valence-electron chi connectivity index (χ0n) is 23.7. The zero-order chi connectivity index (χ0) is 30.4. The molecule has 4 aromatic rings. The van der Waals surface area contributed by atoms with Crippen molar-refractivity contribution in [2.45, 2.75) is 43.5 Å². The number of thioether (sulfide) groups is 1. The van der Waals surface area contributed by atoms with Crippen molar-refractivity contribution in [2.24, 2.45) is 5.92 Å². The van der Waals surface area contributed by atoms with E-state index in [0.29, 0.717) is 33.4 Å². The Labute approximate surface area is 256 Å². The minimum Gasteiger partial charge on any atom is -0.504 e. The summed E-state index contributed by atoms with van der Waals surface area (Å²) < 4.78 is 7.01. The molecule has 0 aliphatic carbocycles. The van der Waals surface area contributed by atoms with Crippen LogP contribution in [0.3, 0.4) is 0 Å². The SMILES string of the molecule is CCOc1cc(C2c3sc(=O)n(CC(=O)Nc4ccc(C)cc4)c3SC3C(=O)N(c4ccc(C)cc4)C(=O)C32)ccc1O. The molecule has 3 atom stereocenters. The number of hydrogen-bond donors (Lipinski definition) is 2. The van der Waals surface area contributed by atoms with E-state index in [9.17, 15) is 24.3 Å². The number of phenols is 1. The summed E-state index contributed by atoms with van der Waals surface area (Å²) in [5.41, 5.74) is 3.76. The lowest BCUT2D eigenvalue weighted by atomic mass is 9.83. The Balaban J connectivity index is 1.43. The molecule has 3 heterocycles. The molecular weight excluding hydrogens is 587 g/mol. The van der Waals surface area contributed by atoms with Crippen LogP contribution in [-0.4, -0.2) is 39.3 Å². The molecule has 2 N–H and O–H groups in total. The summed E-state index contributed by atoms with van der Waals surface area (Å²) in [4.78, 5) is 55.9. The van der Waals surface area contributed by atoms with Gasteiger partial charge in [0.25, 0.3) is 0 Å². The number of thiazole rings is 1. The van der Waals surface area contributed by atoms with E-state index in [1.807, 2.05) is 38.1 Å². The summed E-state index contributed by atoms with van der Waals surface area (Å²) in [6.45, 7) is 5.73. The highest BCUT2D eigenvalue weighted by molar-refractivity contribution is 8.00. The fourth-order valence-electron chi connectivity index (χ4n) is 5.54. The quantitative estimate of drug-likeness (QED) is 0.279. The second-order valence-electron chi connectivity index (χ2n) is 10.6. The first-order valence-electron chi connectivity index (χ1n) is 13.8. The fourth-order valence-corrected chi connectivity index (χ4v) is 8.31. The van der Waals surface area contributed by atoms with Crippen molar-refractivity contribution in [1.29, 1.82) is 0 Å². The van der Waals surface area contributed by atoms with Crippen molar-refractivity contribution in [3.8, 4) is 11.5 Å². The molecule has 2 aliphatic rings. The van der Waals surface area contributed by atoms with Gasteiger partial charge in [-0.25, -0.2) is 4.90 Å². The first-order chi connectivity index (χ1) is 20.7. The van der Waals surface area contributed by atoms with E-state index in [1.165, 1.54) is 15.5 Å². The van der Waals surface area contributed by atoms with Crippen LogP contribution in [-0.2, 0) is 20.9 Å². The molecule has 11 heteroatoms. The lowest BCUT2D eigenvalue weighted by molar-refractivity contribution is -0.122. The highest BCUT2D eigenvalue weighted by atomic mass is 32.2. The Morgan fingerprint density at radius 3 is 2.30 bits per heavy atom. The number of phenolic OH excluding ortho intramolecular Hbond substituents is 1. The summed E-state index contributed by atoms with van der Waals surface area (Å²) >= 11 is 2.12. The summed E-state index contributed by atoms with van der Waals surface area (Å²) in [5, 5.41) is 12.9. The van der Waals surface area contributed by atoms with Gasteiger partial charge in [0.05, 0.1) is 23.2 Å². The standard InChI is InChI=1S/C32H29N3O6S2/c1-4-41-23-15-19(9-14-22(23)36)25-26-27(30(39)35(29(26)38)21-12-7-18(3)8-13-21)42-31-28(25)43-32(40)34(31)16-24(37)33-20-10-5-17(2)6-11-20/h5-15,25-27,36H,4,16H2,1-3H3,(H,33,37). The van der Waals surface area contributed by atoms with Crippen LogP contribution in [0.15, 0.2) is 76.6 Å². The first kappa shape index (κ1) is 28.8. The van der Waals surface area contributed by atoms with Gasteiger partial charge in [0, 0.05) is 16.5 Å². The Kier molecular flexibility index (Phi) is 7.61. The number of rotatable bonds is 7. The smallest absolute Gasteiger partial charge is 0.308 e. The van der Waals surface area contributed by atoms with Crippen molar-refractivity contribution in [1.82, 2.24) is 4.57 Å². The second-order valence-corrected chi connectivity index (χ2v) is 12.7. The monoisotopic (exact) mass is 615 g/mol.